The molecule has 3 N–H and O–H groups in total. The molecule has 0 amide bonds. The van der Waals surface area contributed by atoms with Gasteiger partial charge in [0.2, 0.25) is 5.82 Å². The fourth-order valence-electron chi connectivity index (χ4n) is 1.96. The van der Waals surface area contributed by atoms with Crippen molar-refractivity contribution < 1.29 is 13.8 Å². The van der Waals surface area contributed by atoms with Gasteiger partial charge in [0.25, 0.3) is 0 Å². The maximum Gasteiger partial charge on any atom is 0.211 e. The Morgan fingerprint density at radius 1 is 1.20 bits per heavy atom. The maximum atomic E-state index is 9.69. The van der Waals surface area contributed by atoms with Crippen LogP contribution in [0.2, 0.25) is 5.02 Å². The number of rotatable bonds is 6. The van der Waals surface area contributed by atoms with Crippen LogP contribution in [0.3, 0.4) is 0 Å². The standard InChI is InChI=1S/C15H15ClN4O3S2/c1-25(21,22)12-5-3-11(4-6-12)24-14-8-10(16)2-7-13(14)23-9-15-17-19-20-18-15/h2-8,21-22H,9H2,1H3,(H,17,18,19,20). The minimum absolute atomic E-state index is 0.182. The summed E-state index contributed by atoms with van der Waals surface area (Å²) in [6.07, 6.45) is 1.40. The zero-order valence-electron chi connectivity index (χ0n) is 13.1. The summed E-state index contributed by atoms with van der Waals surface area (Å²) in [5.74, 6) is 1.09. The van der Waals surface area contributed by atoms with Crippen LogP contribution in [0.1, 0.15) is 5.82 Å². The Hall–Kier alpha value is -1.78. The number of hydrogen-bond acceptors (Lipinski definition) is 7. The molecule has 1 heterocycles. The number of hydrogen-bond donors (Lipinski definition) is 3. The van der Waals surface area contributed by atoms with Crippen molar-refractivity contribution in [2.24, 2.45) is 0 Å². The van der Waals surface area contributed by atoms with E-state index in [0.717, 1.165) is 9.79 Å². The number of H-pyrrole nitrogens is 1. The molecule has 0 saturated heterocycles. The highest BCUT2D eigenvalue weighted by Gasteiger charge is 2.11. The Morgan fingerprint density at radius 3 is 2.60 bits per heavy atom. The van der Waals surface area contributed by atoms with Gasteiger partial charge in [-0.15, -0.1) is 10.2 Å². The van der Waals surface area contributed by atoms with Gasteiger partial charge in [-0.3, -0.25) is 9.11 Å². The zero-order valence-corrected chi connectivity index (χ0v) is 15.5. The van der Waals surface area contributed by atoms with E-state index in [1.165, 1.54) is 18.0 Å². The Morgan fingerprint density at radius 2 is 1.96 bits per heavy atom. The molecule has 1 aromatic heterocycles. The van der Waals surface area contributed by atoms with Gasteiger partial charge in [0, 0.05) is 16.2 Å². The maximum absolute atomic E-state index is 9.69. The third kappa shape index (κ3) is 4.86. The van der Waals surface area contributed by atoms with E-state index in [0.29, 0.717) is 21.5 Å². The van der Waals surface area contributed by atoms with Crippen LogP contribution in [0.25, 0.3) is 0 Å². The van der Waals surface area contributed by atoms with E-state index in [9.17, 15) is 9.11 Å². The summed E-state index contributed by atoms with van der Waals surface area (Å²) in [6, 6.07) is 12.4. The number of aromatic nitrogens is 4. The molecule has 0 atom stereocenters. The number of benzene rings is 2. The fourth-order valence-corrected chi connectivity index (χ4v) is 3.79. The van der Waals surface area contributed by atoms with E-state index in [4.69, 9.17) is 16.3 Å². The second-order valence-electron chi connectivity index (χ2n) is 5.11. The highest BCUT2D eigenvalue weighted by atomic mass is 35.5. The van der Waals surface area contributed by atoms with Crippen molar-refractivity contribution in [1.29, 1.82) is 0 Å². The smallest absolute Gasteiger partial charge is 0.211 e. The first-order chi connectivity index (χ1) is 11.9. The highest BCUT2D eigenvalue weighted by molar-refractivity contribution is 8.23. The Balaban J connectivity index is 1.77. The molecule has 132 valence electrons. The number of tetrazole rings is 1. The highest BCUT2D eigenvalue weighted by Crippen LogP contribution is 2.45. The lowest BCUT2D eigenvalue weighted by molar-refractivity contribution is 0.289. The first-order valence-corrected chi connectivity index (χ1v) is 10.2. The first-order valence-electron chi connectivity index (χ1n) is 7.07. The molecule has 0 unspecified atom stereocenters. The summed E-state index contributed by atoms with van der Waals surface area (Å²) in [5.41, 5.74) is 0. The summed E-state index contributed by atoms with van der Waals surface area (Å²) in [5, 5.41) is 14.1. The monoisotopic (exact) mass is 398 g/mol. The minimum Gasteiger partial charge on any atom is -0.484 e. The number of nitrogens with zero attached hydrogens (tertiary/aromatic N) is 3. The second-order valence-corrected chi connectivity index (χ2v) is 8.80. The van der Waals surface area contributed by atoms with Crippen molar-refractivity contribution in [3.63, 3.8) is 0 Å². The van der Waals surface area contributed by atoms with Crippen LogP contribution in [0.5, 0.6) is 5.75 Å². The average Bonchev–Trinajstić information content (AvgIpc) is 3.07. The van der Waals surface area contributed by atoms with Crippen LogP contribution in [0, 0.1) is 0 Å². The lowest BCUT2D eigenvalue weighted by Crippen LogP contribution is -1.99. The summed E-state index contributed by atoms with van der Waals surface area (Å²) < 4.78 is 25.1. The van der Waals surface area contributed by atoms with Gasteiger partial charge in [-0.2, -0.15) is 15.8 Å². The first kappa shape index (κ1) is 18.0. The van der Waals surface area contributed by atoms with Gasteiger partial charge in [-0.1, -0.05) is 28.6 Å². The van der Waals surface area contributed by atoms with Gasteiger partial charge in [0.15, 0.2) is 6.61 Å². The van der Waals surface area contributed by atoms with Crippen LogP contribution in [-0.4, -0.2) is 36.0 Å². The normalized spacial score (nSPS) is 12.2. The molecule has 2 aromatic carbocycles. The van der Waals surface area contributed by atoms with Crippen molar-refractivity contribution in [2.45, 2.75) is 21.3 Å². The minimum atomic E-state index is -2.72. The van der Waals surface area contributed by atoms with Crippen molar-refractivity contribution in [3.05, 3.63) is 53.3 Å². The third-order valence-corrected chi connectivity index (χ3v) is 5.60. The van der Waals surface area contributed by atoms with E-state index in [1.54, 1.807) is 30.3 Å². The fraction of sp³-hybridized carbons (Fsp3) is 0.133. The summed E-state index contributed by atoms with van der Waals surface area (Å²) >= 11 is 7.55. The summed E-state index contributed by atoms with van der Waals surface area (Å²) in [7, 11) is -2.72. The van der Waals surface area contributed by atoms with E-state index in [1.807, 2.05) is 12.1 Å². The predicted molar refractivity (Wildman–Crippen MR) is 97.6 cm³/mol. The summed E-state index contributed by atoms with van der Waals surface area (Å²) in [4.78, 5) is 2.24. The van der Waals surface area contributed by atoms with Gasteiger partial charge in [-0.25, -0.2) is 0 Å². The average molecular weight is 399 g/mol. The van der Waals surface area contributed by atoms with Crippen LogP contribution in [0.15, 0.2) is 57.2 Å². The van der Waals surface area contributed by atoms with E-state index < -0.39 is 10.6 Å². The second kappa shape index (κ2) is 7.63. The van der Waals surface area contributed by atoms with Crippen LogP contribution >= 0.6 is 34.0 Å². The molecule has 7 nitrogen and oxygen atoms in total. The van der Waals surface area contributed by atoms with E-state index >= 15 is 0 Å². The number of aromatic amines is 1. The molecule has 0 spiro atoms. The van der Waals surface area contributed by atoms with Crippen LogP contribution < -0.4 is 4.74 Å². The number of halogens is 1. The van der Waals surface area contributed by atoms with Crippen molar-refractivity contribution in [3.8, 4) is 5.75 Å². The van der Waals surface area contributed by atoms with Gasteiger partial charge in [-0.05, 0) is 42.5 Å². The number of nitrogens with one attached hydrogen (secondary N) is 1. The Bertz CT molecular complexity index is 839. The third-order valence-electron chi connectivity index (χ3n) is 3.15. The Labute approximate surface area is 155 Å². The van der Waals surface area contributed by atoms with E-state index in [-0.39, 0.29) is 6.61 Å². The van der Waals surface area contributed by atoms with Crippen molar-refractivity contribution in [2.75, 3.05) is 6.26 Å². The molecule has 0 aliphatic carbocycles. The molecule has 0 fully saturated rings. The van der Waals surface area contributed by atoms with Gasteiger partial charge in [0.05, 0.1) is 9.79 Å². The molecule has 10 heteroatoms. The molecule has 0 radical (unpaired) electrons. The molecular formula is C15H15ClN4O3S2. The topological polar surface area (TPSA) is 104 Å². The molecular weight excluding hydrogens is 384 g/mol. The van der Waals surface area contributed by atoms with Gasteiger partial charge in [0.1, 0.15) is 5.75 Å². The molecule has 3 rings (SSSR count). The molecule has 3 aromatic rings. The molecule has 0 bridgehead atoms. The van der Waals surface area contributed by atoms with Gasteiger partial charge < -0.3 is 4.74 Å². The molecule has 25 heavy (non-hydrogen) atoms. The quantitative estimate of drug-likeness (QED) is 0.567. The zero-order chi connectivity index (χ0) is 17.9. The molecule has 0 aliphatic rings. The summed E-state index contributed by atoms with van der Waals surface area (Å²) in [6.45, 7) is 0.182. The Kier molecular flexibility index (Phi) is 5.50. The lowest BCUT2D eigenvalue weighted by atomic mass is 10.3. The van der Waals surface area contributed by atoms with Crippen LogP contribution in [0.4, 0.5) is 0 Å². The molecule has 0 aliphatic heterocycles. The van der Waals surface area contributed by atoms with Crippen molar-refractivity contribution in [1.82, 2.24) is 20.6 Å². The largest absolute Gasteiger partial charge is 0.484 e. The van der Waals surface area contributed by atoms with Crippen LogP contribution in [-0.2, 0) is 6.61 Å². The lowest BCUT2D eigenvalue weighted by Gasteiger charge is -2.26. The molecule has 0 saturated carbocycles. The van der Waals surface area contributed by atoms with E-state index in [2.05, 4.69) is 20.6 Å². The predicted octanol–water partition coefficient (Wildman–Crippen LogP) is 4.32. The SMILES string of the molecule is CS(O)(O)c1ccc(Sc2cc(Cl)ccc2OCc2nn[nH]n2)cc1. The van der Waals surface area contributed by atoms with Gasteiger partial charge >= 0.3 is 0 Å². The number of ether oxygens (including phenoxy) is 1. The van der Waals surface area contributed by atoms with Crippen molar-refractivity contribution >= 4 is 34.0 Å².